The first-order valence-corrected chi connectivity index (χ1v) is 6.08. The van der Waals surface area contributed by atoms with Crippen molar-refractivity contribution in [2.45, 2.75) is 18.9 Å². The zero-order valence-electron chi connectivity index (χ0n) is 10.1. The Balaban J connectivity index is 1.97. The molecule has 94 valence electrons. The Kier molecular flexibility index (Phi) is 4.34. The fourth-order valence-corrected chi connectivity index (χ4v) is 2.16. The number of nitrogens with one attached hydrogen (secondary N) is 2. The van der Waals surface area contributed by atoms with Gasteiger partial charge in [-0.3, -0.25) is 0 Å². The van der Waals surface area contributed by atoms with Crippen molar-refractivity contribution in [3.05, 3.63) is 29.6 Å². The van der Waals surface area contributed by atoms with Gasteiger partial charge < -0.3 is 15.4 Å². The van der Waals surface area contributed by atoms with E-state index in [2.05, 4.69) is 10.6 Å². The molecule has 4 heteroatoms. The molecule has 0 amide bonds. The van der Waals surface area contributed by atoms with Gasteiger partial charge in [0.05, 0.1) is 12.7 Å². The standard InChI is InChI=1S/C13H19FN2O/c1-15-13-4-2-3-12(14)11(13)6-5-10-9-16-7-8-17-10/h2-4,10,15-16H,5-9H2,1H3/t10-/m1/s1. The molecule has 1 aromatic carbocycles. The van der Waals surface area contributed by atoms with E-state index in [-0.39, 0.29) is 11.9 Å². The quantitative estimate of drug-likeness (QED) is 0.839. The Labute approximate surface area is 101 Å². The van der Waals surface area contributed by atoms with Crippen LogP contribution in [0.25, 0.3) is 0 Å². The first-order valence-electron chi connectivity index (χ1n) is 6.08. The Morgan fingerprint density at radius 1 is 1.53 bits per heavy atom. The lowest BCUT2D eigenvalue weighted by Crippen LogP contribution is -2.38. The number of halogens is 1. The lowest BCUT2D eigenvalue weighted by atomic mass is 10.0. The number of anilines is 1. The smallest absolute Gasteiger partial charge is 0.128 e. The second-order valence-corrected chi connectivity index (χ2v) is 4.25. The molecular weight excluding hydrogens is 219 g/mol. The molecule has 0 unspecified atom stereocenters. The highest BCUT2D eigenvalue weighted by molar-refractivity contribution is 5.51. The average molecular weight is 238 g/mol. The van der Waals surface area contributed by atoms with Crippen molar-refractivity contribution >= 4 is 5.69 Å². The van der Waals surface area contributed by atoms with Gasteiger partial charge in [0.2, 0.25) is 0 Å². The van der Waals surface area contributed by atoms with Crippen LogP contribution >= 0.6 is 0 Å². The molecule has 1 saturated heterocycles. The summed E-state index contributed by atoms with van der Waals surface area (Å²) in [6.45, 7) is 2.53. The molecule has 0 aliphatic carbocycles. The van der Waals surface area contributed by atoms with Gasteiger partial charge in [0.25, 0.3) is 0 Å². The van der Waals surface area contributed by atoms with Gasteiger partial charge in [-0.25, -0.2) is 4.39 Å². The summed E-state index contributed by atoms with van der Waals surface area (Å²) in [5.41, 5.74) is 1.62. The van der Waals surface area contributed by atoms with Gasteiger partial charge in [-0.1, -0.05) is 6.07 Å². The maximum absolute atomic E-state index is 13.7. The largest absolute Gasteiger partial charge is 0.388 e. The van der Waals surface area contributed by atoms with E-state index in [1.807, 2.05) is 13.1 Å². The molecule has 1 aromatic rings. The minimum Gasteiger partial charge on any atom is -0.388 e. The molecule has 0 aromatic heterocycles. The number of rotatable bonds is 4. The summed E-state index contributed by atoms with van der Waals surface area (Å²) in [6, 6.07) is 5.14. The molecule has 2 N–H and O–H groups in total. The molecule has 1 aliphatic rings. The van der Waals surface area contributed by atoms with Crippen LogP contribution in [0, 0.1) is 5.82 Å². The number of ether oxygens (including phenoxy) is 1. The Morgan fingerprint density at radius 3 is 3.12 bits per heavy atom. The number of hydrogen-bond acceptors (Lipinski definition) is 3. The van der Waals surface area contributed by atoms with Gasteiger partial charge in [0.15, 0.2) is 0 Å². The van der Waals surface area contributed by atoms with E-state index in [0.29, 0.717) is 6.42 Å². The van der Waals surface area contributed by atoms with Crippen LogP contribution in [-0.4, -0.2) is 32.8 Å². The topological polar surface area (TPSA) is 33.3 Å². The van der Waals surface area contributed by atoms with E-state index in [9.17, 15) is 4.39 Å². The van der Waals surface area contributed by atoms with Crippen molar-refractivity contribution in [3.63, 3.8) is 0 Å². The molecule has 0 radical (unpaired) electrons. The van der Waals surface area contributed by atoms with Crippen LogP contribution < -0.4 is 10.6 Å². The molecular formula is C13H19FN2O. The Morgan fingerprint density at radius 2 is 2.41 bits per heavy atom. The van der Waals surface area contributed by atoms with E-state index < -0.39 is 0 Å². The van der Waals surface area contributed by atoms with Crippen molar-refractivity contribution in [1.29, 1.82) is 0 Å². The SMILES string of the molecule is CNc1cccc(F)c1CC[C@@H]1CNCCO1. The highest BCUT2D eigenvalue weighted by atomic mass is 19.1. The maximum Gasteiger partial charge on any atom is 0.128 e. The van der Waals surface area contributed by atoms with Crippen LogP contribution in [0.3, 0.4) is 0 Å². The number of benzene rings is 1. The molecule has 1 fully saturated rings. The molecule has 0 spiro atoms. The van der Waals surface area contributed by atoms with Gasteiger partial charge in [-0.05, 0) is 25.0 Å². The van der Waals surface area contributed by atoms with Crippen molar-refractivity contribution in [1.82, 2.24) is 5.32 Å². The fourth-order valence-electron chi connectivity index (χ4n) is 2.16. The van der Waals surface area contributed by atoms with E-state index in [1.165, 1.54) is 6.07 Å². The molecule has 1 atom stereocenters. The normalized spacial score (nSPS) is 20.2. The average Bonchev–Trinajstić information content (AvgIpc) is 2.38. The fraction of sp³-hybridized carbons (Fsp3) is 0.538. The predicted octanol–water partition coefficient (Wildman–Crippen LogP) is 1.79. The van der Waals surface area contributed by atoms with Gasteiger partial charge in [0.1, 0.15) is 5.82 Å². The molecule has 2 rings (SSSR count). The minimum absolute atomic E-state index is 0.138. The van der Waals surface area contributed by atoms with Crippen LogP contribution in [-0.2, 0) is 11.2 Å². The first-order chi connectivity index (χ1) is 8.31. The summed E-state index contributed by atoms with van der Waals surface area (Å²) in [7, 11) is 1.82. The summed E-state index contributed by atoms with van der Waals surface area (Å²) < 4.78 is 19.3. The monoisotopic (exact) mass is 238 g/mol. The third-order valence-electron chi connectivity index (χ3n) is 3.11. The van der Waals surface area contributed by atoms with Crippen molar-refractivity contribution in [2.24, 2.45) is 0 Å². The highest BCUT2D eigenvalue weighted by Crippen LogP contribution is 2.21. The van der Waals surface area contributed by atoms with Gasteiger partial charge in [-0.2, -0.15) is 0 Å². The van der Waals surface area contributed by atoms with Crippen molar-refractivity contribution < 1.29 is 9.13 Å². The second-order valence-electron chi connectivity index (χ2n) is 4.25. The summed E-state index contributed by atoms with van der Waals surface area (Å²) in [5.74, 6) is -0.138. The van der Waals surface area contributed by atoms with E-state index in [0.717, 1.165) is 37.4 Å². The second kappa shape index (κ2) is 5.98. The van der Waals surface area contributed by atoms with E-state index >= 15 is 0 Å². The van der Waals surface area contributed by atoms with Crippen molar-refractivity contribution in [3.8, 4) is 0 Å². The third kappa shape index (κ3) is 3.17. The van der Waals surface area contributed by atoms with Crippen LogP contribution in [0.15, 0.2) is 18.2 Å². The summed E-state index contributed by atoms with van der Waals surface area (Å²) in [5, 5.41) is 6.31. The third-order valence-corrected chi connectivity index (χ3v) is 3.11. The van der Waals surface area contributed by atoms with Crippen LogP contribution in [0.1, 0.15) is 12.0 Å². The van der Waals surface area contributed by atoms with Crippen LogP contribution in [0.2, 0.25) is 0 Å². The molecule has 0 bridgehead atoms. The Hall–Kier alpha value is -1.13. The molecule has 1 aliphatic heterocycles. The summed E-state index contributed by atoms with van der Waals surface area (Å²) in [4.78, 5) is 0. The lowest BCUT2D eigenvalue weighted by Gasteiger charge is -2.24. The number of hydrogen-bond donors (Lipinski definition) is 2. The molecule has 17 heavy (non-hydrogen) atoms. The van der Waals surface area contributed by atoms with Gasteiger partial charge in [-0.15, -0.1) is 0 Å². The van der Waals surface area contributed by atoms with Crippen molar-refractivity contribution in [2.75, 3.05) is 32.1 Å². The van der Waals surface area contributed by atoms with Gasteiger partial charge in [0, 0.05) is 31.4 Å². The predicted molar refractivity (Wildman–Crippen MR) is 66.9 cm³/mol. The zero-order chi connectivity index (χ0) is 12.1. The van der Waals surface area contributed by atoms with E-state index in [1.54, 1.807) is 6.07 Å². The van der Waals surface area contributed by atoms with Gasteiger partial charge >= 0.3 is 0 Å². The number of morpholine rings is 1. The first kappa shape index (κ1) is 12.3. The van der Waals surface area contributed by atoms with Crippen LogP contribution in [0.4, 0.5) is 10.1 Å². The van der Waals surface area contributed by atoms with Crippen LogP contribution in [0.5, 0.6) is 0 Å². The highest BCUT2D eigenvalue weighted by Gasteiger charge is 2.15. The maximum atomic E-state index is 13.7. The summed E-state index contributed by atoms with van der Waals surface area (Å²) in [6.07, 6.45) is 1.76. The molecule has 1 heterocycles. The Bertz CT molecular complexity index is 364. The lowest BCUT2D eigenvalue weighted by molar-refractivity contribution is 0.0237. The molecule has 3 nitrogen and oxygen atoms in total. The minimum atomic E-state index is -0.138. The zero-order valence-corrected chi connectivity index (χ0v) is 10.1. The van der Waals surface area contributed by atoms with E-state index in [4.69, 9.17) is 4.74 Å². The summed E-state index contributed by atoms with van der Waals surface area (Å²) >= 11 is 0. The molecule has 0 saturated carbocycles.